The van der Waals surface area contributed by atoms with E-state index in [1.807, 2.05) is 25.1 Å². The van der Waals surface area contributed by atoms with Gasteiger partial charge in [-0.25, -0.2) is 4.79 Å². The number of carbonyl (C=O) groups excluding carboxylic acids is 1. The molecule has 1 unspecified atom stereocenters. The smallest absolute Gasteiger partial charge is 0.349 e. The van der Waals surface area contributed by atoms with E-state index < -0.39 is 11.9 Å². The van der Waals surface area contributed by atoms with Crippen molar-refractivity contribution >= 4 is 17.6 Å². The number of nitriles is 1. The molecule has 214 valence electrons. The standard InChI is InChI=1S/C32H33ClN2O6/c1-4-5-6-7-14-38-27-13-8-21(16-29(27)37-3)31-24-11-9-23(17-28(24)41-32(35)25(31)18-34)40-30(36)19-39-22-10-12-26(33)20(2)15-22/h8-13,15-17,31H,4-7,14,19,35H2,1-3H3. The number of nitrogens with two attached hydrogens (primary N) is 1. The second kappa shape index (κ2) is 13.8. The predicted molar refractivity (Wildman–Crippen MR) is 156 cm³/mol. The van der Waals surface area contributed by atoms with Gasteiger partial charge in [-0.05, 0) is 60.9 Å². The summed E-state index contributed by atoms with van der Waals surface area (Å²) in [5, 5.41) is 10.5. The lowest BCUT2D eigenvalue weighted by molar-refractivity contribution is -0.136. The molecule has 0 saturated heterocycles. The Hall–Kier alpha value is -4.35. The van der Waals surface area contributed by atoms with Crippen LogP contribution in [0.3, 0.4) is 0 Å². The summed E-state index contributed by atoms with van der Waals surface area (Å²) in [5.41, 5.74) is 8.74. The van der Waals surface area contributed by atoms with Gasteiger partial charge in [0, 0.05) is 16.7 Å². The van der Waals surface area contributed by atoms with Gasteiger partial charge in [0.05, 0.1) is 19.6 Å². The fourth-order valence-corrected chi connectivity index (χ4v) is 4.66. The number of carbonyl (C=O) groups is 1. The molecule has 0 amide bonds. The molecule has 1 heterocycles. The number of esters is 1. The van der Waals surface area contributed by atoms with Crippen molar-refractivity contribution in [3.63, 3.8) is 0 Å². The molecule has 0 aromatic heterocycles. The zero-order valence-electron chi connectivity index (χ0n) is 23.4. The lowest BCUT2D eigenvalue weighted by Crippen LogP contribution is -2.22. The van der Waals surface area contributed by atoms with E-state index in [-0.39, 0.29) is 23.8 Å². The summed E-state index contributed by atoms with van der Waals surface area (Å²) in [7, 11) is 1.58. The van der Waals surface area contributed by atoms with Gasteiger partial charge in [0.2, 0.25) is 5.88 Å². The van der Waals surface area contributed by atoms with Crippen molar-refractivity contribution < 1.29 is 28.5 Å². The van der Waals surface area contributed by atoms with Crippen LogP contribution in [0.2, 0.25) is 5.02 Å². The normalized spacial score (nSPS) is 14.0. The topological polar surface area (TPSA) is 113 Å². The third-order valence-corrected chi connectivity index (χ3v) is 7.11. The molecule has 1 aliphatic heterocycles. The first-order valence-corrected chi connectivity index (χ1v) is 13.8. The van der Waals surface area contributed by atoms with Gasteiger partial charge in [0.15, 0.2) is 18.1 Å². The van der Waals surface area contributed by atoms with Crippen molar-refractivity contribution in [1.29, 1.82) is 5.26 Å². The number of allylic oxidation sites excluding steroid dienone is 1. The minimum Gasteiger partial charge on any atom is -0.493 e. The summed E-state index contributed by atoms with van der Waals surface area (Å²) in [6.07, 6.45) is 4.40. The molecule has 8 nitrogen and oxygen atoms in total. The number of ether oxygens (including phenoxy) is 5. The molecule has 9 heteroatoms. The highest BCUT2D eigenvalue weighted by molar-refractivity contribution is 6.31. The Morgan fingerprint density at radius 2 is 1.83 bits per heavy atom. The lowest BCUT2D eigenvalue weighted by atomic mass is 9.83. The summed E-state index contributed by atoms with van der Waals surface area (Å²) < 4.78 is 28.3. The van der Waals surface area contributed by atoms with Gasteiger partial charge >= 0.3 is 5.97 Å². The van der Waals surface area contributed by atoms with Gasteiger partial charge in [-0.1, -0.05) is 49.9 Å². The highest BCUT2D eigenvalue weighted by Gasteiger charge is 2.32. The number of hydrogen-bond acceptors (Lipinski definition) is 8. The van der Waals surface area contributed by atoms with Crippen molar-refractivity contribution in [3.8, 4) is 34.8 Å². The highest BCUT2D eigenvalue weighted by atomic mass is 35.5. The van der Waals surface area contributed by atoms with Crippen LogP contribution in [0.1, 0.15) is 55.2 Å². The number of unbranched alkanes of at least 4 members (excludes halogenated alkanes) is 3. The fourth-order valence-electron chi connectivity index (χ4n) is 4.55. The molecule has 1 aliphatic rings. The third kappa shape index (κ3) is 7.24. The Morgan fingerprint density at radius 1 is 1.02 bits per heavy atom. The van der Waals surface area contributed by atoms with Gasteiger partial charge in [0.25, 0.3) is 0 Å². The summed E-state index contributed by atoms with van der Waals surface area (Å²) in [6.45, 7) is 4.31. The Labute approximate surface area is 245 Å². The monoisotopic (exact) mass is 576 g/mol. The third-order valence-electron chi connectivity index (χ3n) is 6.68. The SMILES string of the molecule is CCCCCCOc1ccc(C2C(C#N)=C(N)Oc3cc(OC(=O)COc4ccc(Cl)c(C)c4)ccc32)cc1OC. The van der Waals surface area contributed by atoms with E-state index in [0.717, 1.165) is 30.4 Å². The maximum Gasteiger partial charge on any atom is 0.349 e. The number of aryl methyl sites for hydroxylation is 1. The molecule has 3 aromatic rings. The molecule has 0 radical (unpaired) electrons. The molecule has 1 atom stereocenters. The van der Waals surface area contributed by atoms with Crippen molar-refractivity contribution in [2.75, 3.05) is 20.3 Å². The largest absolute Gasteiger partial charge is 0.493 e. The molecule has 3 aromatic carbocycles. The van der Waals surface area contributed by atoms with Gasteiger partial charge in [-0.3, -0.25) is 0 Å². The number of methoxy groups -OCH3 is 1. The second-order valence-electron chi connectivity index (χ2n) is 9.62. The Kier molecular flexibility index (Phi) is 9.99. The van der Waals surface area contributed by atoms with Crippen LogP contribution in [0.4, 0.5) is 0 Å². The van der Waals surface area contributed by atoms with Crippen LogP contribution in [-0.2, 0) is 4.79 Å². The first kappa shape index (κ1) is 29.6. The molecule has 0 spiro atoms. The van der Waals surface area contributed by atoms with E-state index in [4.69, 9.17) is 41.0 Å². The lowest BCUT2D eigenvalue weighted by Gasteiger charge is -2.27. The maximum absolute atomic E-state index is 12.5. The average molecular weight is 577 g/mol. The molecule has 0 aliphatic carbocycles. The van der Waals surface area contributed by atoms with Crippen molar-refractivity contribution in [2.45, 2.75) is 45.4 Å². The zero-order valence-corrected chi connectivity index (χ0v) is 24.1. The first-order valence-electron chi connectivity index (χ1n) is 13.5. The number of fused-ring (bicyclic) bond motifs is 1. The van der Waals surface area contributed by atoms with E-state index in [9.17, 15) is 10.1 Å². The van der Waals surface area contributed by atoms with E-state index in [1.165, 1.54) is 6.42 Å². The van der Waals surface area contributed by atoms with Crippen molar-refractivity contribution in [3.05, 3.63) is 87.8 Å². The second-order valence-corrected chi connectivity index (χ2v) is 10.0. The molecular formula is C32H33ClN2O6. The molecule has 4 rings (SSSR count). The summed E-state index contributed by atoms with van der Waals surface area (Å²) in [4.78, 5) is 12.5. The maximum atomic E-state index is 12.5. The molecule has 0 fully saturated rings. The summed E-state index contributed by atoms with van der Waals surface area (Å²) >= 11 is 6.04. The van der Waals surface area contributed by atoms with Crippen LogP contribution in [0.5, 0.6) is 28.7 Å². The zero-order chi connectivity index (χ0) is 29.4. The summed E-state index contributed by atoms with van der Waals surface area (Å²) in [5.74, 6) is 1.19. The van der Waals surface area contributed by atoms with Crippen LogP contribution >= 0.6 is 11.6 Å². The van der Waals surface area contributed by atoms with Crippen LogP contribution in [0, 0.1) is 18.3 Å². The number of halogens is 1. The Balaban J connectivity index is 1.51. The van der Waals surface area contributed by atoms with Crippen LogP contribution in [0.15, 0.2) is 66.1 Å². The first-order chi connectivity index (χ1) is 19.8. The number of nitrogens with zero attached hydrogens (tertiary/aromatic N) is 1. The number of rotatable bonds is 12. The Morgan fingerprint density at radius 3 is 2.56 bits per heavy atom. The average Bonchev–Trinajstić information content (AvgIpc) is 2.97. The van der Waals surface area contributed by atoms with Gasteiger partial charge in [-0.15, -0.1) is 0 Å². The van der Waals surface area contributed by atoms with E-state index >= 15 is 0 Å². The minimum absolute atomic E-state index is 0.0230. The van der Waals surface area contributed by atoms with E-state index in [2.05, 4.69) is 13.0 Å². The molecular weight excluding hydrogens is 544 g/mol. The van der Waals surface area contributed by atoms with Gasteiger partial charge < -0.3 is 29.4 Å². The van der Waals surface area contributed by atoms with Gasteiger partial charge in [0.1, 0.15) is 28.9 Å². The highest BCUT2D eigenvalue weighted by Crippen LogP contribution is 2.45. The minimum atomic E-state index is -0.596. The van der Waals surface area contributed by atoms with Crippen LogP contribution in [-0.4, -0.2) is 26.3 Å². The molecule has 2 N–H and O–H groups in total. The fraction of sp³-hybridized carbons (Fsp3) is 0.312. The summed E-state index contributed by atoms with van der Waals surface area (Å²) in [6, 6.07) is 17.8. The molecule has 0 saturated carbocycles. The van der Waals surface area contributed by atoms with Crippen molar-refractivity contribution in [2.24, 2.45) is 5.73 Å². The van der Waals surface area contributed by atoms with Gasteiger partial charge in [-0.2, -0.15) is 5.26 Å². The Bertz CT molecular complexity index is 1480. The molecule has 0 bridgehead atoms. The number of hydrogen-bond donors (Lipinski definition) is 1. The predicted octanol–water partition coefficient (Wildman–Crippen LogP) is 6.82. The van der Waals surface area contributed by atoms with Crippen LogP contribution in [0.25, 0.3) is 0 Å². The van der Waals surface area contributed by atoms with E-state index in [0.29, 0.717) is 40.2 Å². The van der Waals surface area contributed by atoms with Crippen LogP contribution < -0.4 is 29.4 Å². The quantitative estimate of drug-likeness (QED) is 0.142. The number of benzene rings is 3. The van der Waals surface area contributed by atoms with E-state index in [1.54, 1.807) is 43.5 Å². The van der Waals surface area contributed by atoms with Crippen molar-refractivity contribution in [1.82, 2.24) is 0 Å². The molecule has 41 heavy (non-hydrogen) atoms.